The zero-order chi connectivity index (χ0) is 7.98. The zero-order valence-corrected chi connectivity index (χ0v) is 7.35. The van der Waals surface area contributed by atoms with E-state index in [1.807, 2.05) is 6.92 Å². The molecule has 10 heavy (non-hydrogen) atoms. The molecule has 0 spiro atoms. The Hall–Kier alpha value is -0.520. The van der Waals surface area contributed by atoms with Crippen LogP contribution in [0.4, 0.5) is 0 Å². The molecule has 0 amide bonds. The van der Waals surface area contributed by atoms with E-state index in [-0.39, 0.29) is 0 Å². The number of hydrogen-bond acceptors (Lipinski definition) is 0. The number of hydrogen-bond donors (Lipinski definition) is 0. The Kier molecular flexibility index (Phi) is 5.00. The second-order valence-electron chi connectivity index (χ2n) is 3.00. The summed E-state index contributed by atoms with van der Waals surface area (Å²) in [6, 6.07) is 0. The first-order valence-electron chi connectivity index (χ1n) is 3.93. The van der Waals surface area contributed by atoms with Crippen molar-refractivity contribution in [3.63, 3.8) is 0 Å². The van der Waals surface area contributed by atoms with Gasteiger partial charge in [-0.15, -0.1) is 6.58 Å². The van der Waals surface area contributed by atoms with Crippen LogP contribution in [0, 0.1) is 5.92 Å². The maximum Gasteiger partial charge on any atom is -0.0294 e. The summed E-state index contributed by atoms with van der Waals surface area (Å²) >= 11 is 0. The van der Waals surface area contributed by atoms with Gasteiger partial charge < -0.3 is 0 Å². The molecule has 0 nitrogen and oxygen atoms in total. The minimum absolute atomic E-state index is 0.931. The van der Waals surface area contributed by atoms with Gasteiger partial charge in [0.25, 0.3) is 0 Å². The quantitative estimate of drug-likeness (QED) is 0.449. The summed E-state index contributed by atoms with van der Waals surface area (Å²) in [5.74, 6) is 0.931. The summed E-state index contributed by atoms with van der Waals surface area (Å²) < 4.78 is 0. The molecule has 0 aromatic carbocycles. The first-order valence-corrected chi connectivity index (χ1v) is 3.93. The summed E-state index contributed by atoms with van der Waals surface area (Å²) in [6.45, 7) is 9.76. The van der Waals surface area contributed by atoms with Crippen molar-refractivity contribution in [1.82, 2.24) is 0 Å². The Morgan fingerprint density at radius 2 is 2.20 bits per heavy atom. The van der Waals surface area contributed by atoms with E-state index in [1.165, 1.54) is 12.8 Å². The molecule has 0 radical (unpaired) electrons. The minimum Gasteiger partial charge on any atom is -0.103 e. The summed E-state index contributed by atoms with van der Waals surface area (Å²) in [5.41, 5.74) is 1.58. The van der Waals surface area contributed by atoms with E-state index in [9.17, 15) is 0 Å². The minimum atomic E-state index is 0.931. The molecule has 1 rings (SSSR count). The third kappa shape index (κ3) is 4.37. The molecule has 0 bridgehead atoms. The summed E-state index contributed by atoms with van der Waals surface area (Å²) in [4.78, 5) is 0. The molecule has 0 aromatic rings. The molecule has 1 aliphatic carbocycles. The largest absolute Gasteiger partial charge is 0.103 e. The van der Waals surface area contributed by atoms with E-state index in [0.29, 0.717) is 0 Å². The number of allylic oxidation sites excluding steroid dienone is 3. The van der Waals surface area contributed by atoms with Crippen LogP contribution in [0.1, 0.15) is 33.6 Å². The Morgan fingerprint density at radius 3 is 2.30 bits per heavy atom. The van der Waals surface area contributed by atoms with Crippen LogP contribution < -0.4 is 0 Å². The maximum atomic E-state index is 3.36. The molecule has 0 saturated carbocycles. The Balaban J connectivity index is 0.000000236. The molecule has 0 N–H and O–H groups in total. The molecular formula is C10H18. The van der Waals surface area contributed by atoms with Crippen LogP contribution in [0.2, 0.25) is 0 Å². The molecule has 0 aliphatic heterocycles. The SMILES string of the molecule is C=CC.CC1=CCC(C)C1. The fourth-order valence-electron chi connectivity index (χ4n) is 1.12. The lowest BCUT2D eigenvalue weighted by Gasteiger charge is -1.95. The van der Waals surface area contributed by atoms with Crippen molar-refractivity contribution in [1.29, 1.82) is 0 Å². The summed E-state index contributed by atoms with van der Waals surface area (Å²) in [5, 5.41) is 0. The van der Waals surface area contributed by atoms with Gasteiger partial charge >= 0.3 is 0 Å². The van der Waals surface area contributed by atoms with Crippen LogP contribution in [0.3, 0.4) is 0 Å². The van der Waals surface area contributed by atoms with Gasteiger partial charge in [-0.2, -0.15) is 0 Å². The first-order chi connectivity index (χ1) is 4.70. The molecular weight excluding hydrogens is 120 g/mol. The topological polar surface area (TPSA) is 0 Å². The van der Waals surface area contributed by atoms with Gasteiger partial charge in [-0.25, -0.2) is 0 Å². The average Bonchev–Trinajstić information content (AvgIpc) is 2.17. The van der Waals surface area contributed by atoms with Crippen LogP contribution in [0.15, 0.2) is 24.3 Å². The van der Waals surface area contributed by atoms with Crippen LogP contribution in [0.25, 0.3) is 0 Å². The zero-order valence-electron chi connectivity index (χ0n) is 7.35. The fraction of sp³-hybridized carbons (Fsp3) is 0.600. The van der Waals surface area contributed by atoms with Crippen molar-refractivity contribution in [2.45, 2.75) is 33.6 Å². The van der Waals surface area contributed by atoms with E-state index >= 15 is 0 Å². The highest BCUT2D eigenvalue weighted by Crippen LogP contribution is 2.22. The first kappa shape index (κ1) is 9.48. The smallest absolute Gasteiger partial charge is 0.0294 e. The highest BCUT2D eigenvalue weighted by molar-refractivity contribution is 5.05. The molecule has 1 unspecified atom stereocenters. The van der Waals surface area contributed by atoms with Gasteiger partial charge in [0.2, 0.25) is 0 Å². The lowest BCUT2D eigenvalue weighted by Crippen LogP contribution is -1.82. The third-order valence-corrected chi connectivity index (χ3v) is 1.54. The second-order valence-corrected chi connectivity index (χ2v) is 3.00. The van der Waals surface area contributed by atoms with Gasteiger partial charge in [0, 0.05) is 0 Å². The van der Waals surface area contributed by atoms with Crippen molar-refractivity contribution in [3.8, 4) is 0 Å². The lowest BCUT2D eigenvalue weighted by atomic mass is 10.1. The van der Waals surface area contributed by atoms with E-state index in [0.717, 1.165) is 5.92 Å². The van der Waals surface area contributed by atoms with Gasteiger partial charge in [-0.3, -0.25) is 0 Å². The molecule has 0 saturated heterocycles. The highest BCUT2D eigenvalue weighted by atomic mass is 14.1. The summed E-state index contributed by atoms with van der Waals surface area (Å²) in [6.07, 6.45) is 6.73. The fourth-order valence-corrected chi connectivity index (χ4v) is 1.12. The van der Waals surface area contributed by atoms with Crippen LogP contribution in [-0.2, 0) is 0 Å². The molecule has 1 aliphatic rings. The predicted octanol–water partition coefficient (Wildman–Crippen LogP) is 3.55. The van der Waals surface area contributed by atoms with Crippen molar-refractivity contribution < 1.29 is 0 Å². The lowest BCUT2D eigenvalue weighted by molar-refractivity contribution is 0.628. The van der Waals surface area contributed by atoms with E-state index in [2.05, 4.69) is 26.5 Å². The summed E-state index contributed by atoms with van der Waals surface area (Å²) in [7, 11) is 0. The number of rotatable bonds is 0. The molecule has 1 atom stereocenters. The Morgan fingerprint density at radius 1 is 1.70 bits per heavy atom. The van der Waals surface area contributed by atoms with E-state index in [4.69, 9.17) is 0 Å². The monoisotopic (exact) mass is 138 g/mol. The Bertz CT molecular complexity index is 120. The molecule has 58 valence electrons. The van der Waals surface area contributed by atoms with Crippen molar-refractivity contribution >= 4 is 0 Å². The van der Waals surface area contributed by atoms with E-state index < -0.39 is 0 Å². The van der Waals surface area contributed by atoms with Crippen molar-refractivity contribution in [2.75, 3.05) is 0 Å². The highest BCUT2D eigenvalue weighted by Gasteiger charge is 2.06. The van der Waals surface area contributed by atoms with Crippen molar-refractivity contribution in [2.24, 2.45) is 5.92 Å². The van der Waals surface area contributed by atoms with Crippen LogP contribution in [0.5, 0.6) is 0 Å². The third-order valence-electron chi connectivity index (χ3n) is 1.54. The second kappa shape index (κ2) is 5.28. The molecule has 0 heteroatoms. The van der Waals surface area contributed by atoms with Crippen molar-refractivity contribution in [3.05, 3.63) is 24.3 Å². The molecule has 0 heterocycles. The van der Waals surface area contributed by atoms with Crippen LogP contribution >= 0.6 is 0 Å². The van der Waals surface area contributed by atoms with Gasteiger partial charge in [-0.05, 0) is 32.6 Å². The maximum absolute atomic E-state index is 3.36. The predicted molar refractivity (Wildman–Crippen MR) is 48.0 cm³/mol. The van der Waals surface area contributed by atoms with Crippen LogP contribution in [-0.4, -0.2) is 0 Å². The standard InChI is InChI=1S/C7H12.C3H6/c1-6-3-4-7(2)5-6;1-3-2/h3,7H,4-5H2,1-2H3;3H,1H2,2H3. The molecule has 0 aromatic heterocycles. The van der Waals surface area contributed by atoms with Gasteiger partial charge in [-0.1, -0.05) is 24.6 Å². The van der Waals surface area contributed by atoms with Gasteiger partial charge in [0.05, 0.1) is 0 Å². The average molecular weight is 138 g/mol. The van der Waals surface area contributed by atoms with E-state index in [1.54, 1.807) is 11.6 Å². The van der Waals surface area contributed by atoms with Gasteiger partial charge in [0.1, 0.15) is 0 Å². The van der Waals surface area contributed by atoms with Gasteiger partial charge in [0.15, 0.2) is 0 Å². The molecule has 0 fully saturated rings. The Labute approximate surface area is 64.6 Å². The normalized spacial score (nSPS) is 22.7.